The number of oxime groups is 1. The van der Waals surface area contributed by atoms with Gasteiger partial charge in [-0.3, -0.25) is 4.79 Å². The van der Waals surface area contributed by atoms with Gasteiger partial charge >= 0.3 is 0 Å². The third-order valence-electron chi connectivity index (χ3n) is 4.24. The van der Waals surface area contributed by atoms with Crippen LogP contribution in [0.25, 0.3) is 0 Å². The molecule has 0 aromatic carbocycles. The van der Waals surface area contributed by atoms with Crippen molar-refractivity contribution >= 4 is 11.7 Å². The first-order valence-electron chi connectivity index (χ1n) is 9.62. The smallest absolute Gasteiger partial charge is 0.300 e. The molecule has 0 amide bonds. The fraction of sp³-hybridized carbons (Fsp3) is 0.619. The minimum atomic E-state index is -0.833. The summed E-state index contributed by atoms with van der Waals surface area (Å²) in [5.41, 5.74) is 0.596. The van der Waals surface area contributed by atoms with Gasteiger partial charge < -0.3 is 20.5 Å². The van der Waals surface area contributed by atoms with E-state index in [1.54, 1.807) is 6.08 Å². The van der Waals surface area contributed by atoms with Crippen LogP contribution in [-0.2, 0) is 4.79 Å². The number of allylic oxidation sites excluding steroid dienone is 4. The van der Waals surface area contributed by atoms with Gasteiger partial charge in [0.25, 0.3) is 5.97 Å². The number of rotatable bonds is 9. The van der Waals surface area contributed by atoms with Crippen LogP contribution < -0.4 is 0 Å². The highest BCUT2D eigenvalue weighted by molar-refractivity contribution is 5.90. The number of aliphatic hydroxyl groups is 2. The average Bonchev–Trinajstić information content (AvgIpc) is 2.91. The van der Waals surface area contributed by atoms with Gasteiger partial charge in [0, 0.05) is 25.2 Å². The molecule has 0 heterocycles. The molecule has 1 unspecified atom stereocenters. The minimum Gasteiger partial charge on any atom is -0.481 e. The van der Waals surface area contributed by atoms with Crippen molar-refractivity contribution in [2.24, 2.45) is 17.0 Å². The fourth-order valence-electron chi connectivity index (χ4n) is 2.92. The number of carboxylic acid groups (broad SMARTS) is 1. The Morgan fingerprint density at radius 2 is 1.93 bits per heavy atom. The lowest BCUT2D eigenvalue weighted by Crippen LogP contribution is -2.19. The van der Waals surface area contributed by atoms with Gasteiger partial charge in [-0.2, -0.15) is 0 Å². The molecule has 4 atom stereocenters. The quantitative estimate of drug-likeness (QED) is 0.275. The van der Waals surface area contributed by atoms with Crippen LogP contribution in [0.3, 0.4) is 0 Å². The van der Waals surface area contributed by atoms with E-state index in [-0.39, 0.29) is 11.8 Å². The molecule has 0 aromatic rings. The molecule has 1 rings (SSSR count). The number of hydrogen-bond donors (Lipinski definition) is 4. The lowest BCUT2D eigenvalue weighted by atomic mass is 9.90. The van der Waals surface area contributed by atoms with E-state index in [0.717, 1.165) is 32.6 Å². The standard InChI is InChI=1S/C19H31NO3.C2H4O2/c1-3-5-7-9-11-17-16(18(20-23)14-19(17)22)13-12-15(21)10-8-6-4-2;1-2(3)4/h6-9,12-13,15-17,19,21-23H,3-5,10-11,14H2,1-2H3;1H3,(H,3,4)/b8-6+,9-7-,13-12+,20-18-;/t15?,16-,17-,19+;/m1./s1. The van der Waals surface area contributed by atoms with Gasteiger partial charge in [0.1, 0.15) is 0 Å². The third kappa shape index (κ3) is 11.4. The molecule has 0 spiro atoms. The zero-order valence-electron chi connectivity index (χ0n) is 16.7. The predicted molar refractivity (Wildman–Crippen MR) is 108 cm³/mol. The maximum absolute atomic E-state index is 10.2. The monoisotopic (exact) mass is 381 g/mol. The third-order valence-corrected chi connectivity index (χ3v) is 4.24. The Balaban J connectivity index is 0.00000153. The molecule has 1 fully saturated rings. The van der Waals surface area contributed by atoms with E-state index in [0.29, 0.717) is 18.6 Å². The van der Waals surface area contributed by atoms with E-state index < -0.39 is 18.2 Å². The summed E-state index contributed by atoms with van der Waals surface area (Å²) in [4.78, 5) is 9.00. The second-order valence-corrected chi connectivity index (χ2v) is 6.63. The molecule has 0 radical (unpaired) electrons. The van der Waals surface area contributed by atoms with Crippen molar-refractivity contribution in [2.45, 2.75) is 71.5 Å². The Hall–Kier alpha value is -1.92. The molecule has 27 heavy (non-hydrogen) atoms. The zero-order valence-corrected chi connectivity index (χ0v) is 16.7. The van der Waals surface area contributed by atoms with Crippen molar-refractivity contribution in [1.29, 1.82) is 0 Å². The molecule has 0 saturated heterocycles. The van der Waals surface area contributed by atoms with E-state index >= 15 is 0 Å². The summed E-state index contributed by atoms with van der Waals surface area (Å²) < 4.78 is 0. The first-order valence-corrected chi connectivity index (χ1v) is 9.62. The van der Waals surface area contributed by atoms with Gasteiger partial charge in [0.2, 0.25) is 0 Å². The zero-order chi connectivity index (χ0) is 20.7. The number of aliphatic hydroxyl groups excluding tert-OH is 2. The summed E-state index contributed by atoms with van der Waals surface area (Å²) >= 11 is 0. The molecular weight excluding hydrogens is 346 g/mol. The maximum Gasteiger partial charge on any atom is 0.300 e. The number of aliphatic carboxylic acids is 1. The molecule has 1 saturated carbocycles. The SMILES string of the molecule is CC(=O)O.CC/C=C/CC(O)/C=C/[C@H]1/C(=N\O)C[C@H](O)[C@@H]1C/C=C\CCC. The van der Waals surface area contributed by atoms with E-state index in [9.17, 15) is 15.4 Å². The number of unbranched alkanes of at least 4 members (excludes halogenated alkanes) is 1. The number of carbonyl (C=O) groups is 1. The fourth-order valence-corrected chi connectivity index (χ4v) is 2.92. The maximum atomic E-state index is 10.2. The molecule has 1 aliphatic carbocycles. The molecule has 0 bridgehead atoms. The summed E-state index contributed by atoms with van der Waals surface area (Å²) in [6.07, 6.45) is 15.6. The highest BCUT2D eigenvalue weighted by atomic mass is 16.4. The Morgan fingerprint density at radius 3 is 2.48 bits per heavy atom. The highest BCUT2D eigenvalue weighted by Crippen LogP contribution is 2.34. The second-order valence-electron chi connectivity index (χ2n) is 6.63. The van der Waals surface area contributed by atoms with Crippen molar-refractivity contribution in [2.75, 3.05) is 0 Å². The summed E-state index contributed by atoms with van der Waals surface area (Å²) in [7, 11) is 0. The second kappa shape index (κ2) is 15.2. The topological polar surface area (TPSA) is 110 Å². The first-order chi connectivity index (χ1) is 12.9. The lowest BCUT2D eigenvalue weighted by Gasteiger charge is -2.17. The Labute approximate surface area is 162 Å². The highest BCUT2D eigenvalue weighted by Gasteiger charge is 2.38. The number of hydrogen-bond acceptors (Lipinski definition) is 5. The number of nitrogens with zero attached hydrogens (tertiary/aromatic N) is 1. The molecule has 0 aromatic heterocycles. The van der Waals surface area contributed by atoms with Crippen LogP contribution in [0.4, 0.5) is 0 Å². The van der Waals surface area contributed by atoms with Crippen LogP contribution >= 0.6 is 0 Å². The molecular formula is C21H35NO5. The lowest BCUT2D eigenvalue weighted by molar-refractivity contribution is -0.134. The van der Waals surface area contributed by atoms with Crippen LogP contribution in [0.1, 0.15) is 59.3 Å². The van der Waals surface area contributed by atoms with E-state index in [4.69, 9.17) is 9.90 Å². The van der Waals surface area contributed by atoms with Gasteiger partial charge in [-0.15, -0.1) is 0 Å². The van der Waals surface area contributed by atoms with Gasteiger partial charge in [0.15, 0.2) is 0 Å². The summed E-state index contributed by atoms with van der Waals surface area (Å²) in [5.74, 6) is -0.949. The molecule has 6 nitrogen and oxygen atoms in total. The van der Waals surface area contributed by atoms with Crippen LogP contribution in [0.2, 0.25) is 0 Å². The van der Waals surface area contributed by atoms with Gasteiger partial charge in [-0.1, -0.05) is 61.9 Å². The molecule has 6 heteroatoms. The normalized spacial score (nSPS) is 25.4. The van der Waals surface area contributed by atoms with E-state index in [2.05, 4.69) is 31.2 Å². The first kappa shape index (κ1) is 25.1. The van der Waals surface area contributed by atoms with Crippen molar-refractivity contribution in [3.8, 4) is 0 Å². The average molecular weight is 382 g/mol. The number of carboxylic acids is 1. The van der Waals surface area contributed by atoms with Crippen molar-refractivity contribution < 1.29 is 25.3 Å². The molecule has 154 valence electrons. The minimum absolute atomic E-state index is 0.00337. The van der Waals surface area contributed by atoms with E-state index in [1.165, 1.54) is 0 Å². The van der Waals surface area contributed by atoms with Crippen molar-refractivity contribution in [1.82, 2.24) is 0 Å². The molecule has 4 N–H and O–H groups in total. The largest absolute Gasteiger partial charge is 0.481 e. The summed E-state index contributed by atoms with van der Waals surface area (Å²) in [5, 5.41) is 40.1. The molecule has 1 aliphatic rings. The Bertz CT molecular complexity index is 521. The van der Waals surface area contributed by atoms with Crippen LogP contribution in [0.15, 0.2) is 41.6 Å². The van der Waals surface area contributed by atoms with Gasteiger partial charge in [-0.05, 0) is 25.7 Å². The molecule has 0 aliphatic heterocycles. The van der Waals surface area contributed by atoms with Crippen LogP contribution in [0.5, 0.6) is 0 Å². The van der Waals surface area contributed by atoms with Crippen molar-refractivity contribution in [3.05, 3.63) is 36.5 Å². The van der Waals surface area contributed by atoms with Crippen molar-refractivity contribution in [3.63, 3.8) is 0 Å². The summed E-state index contributed by atoms with van der Waals surface area (Å²) in [6.45, 7) is 5.27. The van der Waals surface area contributed by atoms with Crippen LogP contribution in [0, 0.1) is 11.8 Å². The Morgan fingerprint density at radius 1 is 1.26 bits per heavy atom. The van der Waals surface area contributed by atoms with Gasteiger partial charge in [0.05, 0.1) is 17.9 Å². The van der Waals surface area contributed by atoms with Gasteiger partial charge in [-0.25, -0.2) is 0 Å². The predicted octanol–water partition coefficient (Wildman–Crippen LogP) is 3.92. The Kier molecular flexibility index (Phi) is 14.1. The van der Waals surface area contributed by atoms with E-state index in [1.807, 2.05) is 18.2 Å². The van der Waals surface area contributed by atoms with Crippen LogP contribution in [-0.4, -0.2) is 44.4 Å². The summed E-state index contributed by atoms with van der Waals surface area (Å²) in [6, 6.07) is 0.